The fourth-order valence-corrected chi connectivity index (χ4v) is 2.81. The van der Waals surface area contributed by atoms with Gasteiger partial charge in [0.15, 0.2) is 11.5 Å². The van der Waals surface area contributed by atoms with Crippen LogP contribution in [0.2, 0.25) is 0 Å². The van der Waals surface area contributed by atoms with Gasteiger partial charge in [-0.3, -0.25) is 4.79 Å². The molecule has 1 amide bonds. The number of halogens is 1. The Labute approximate surface area is 158 Å². The molecular formula is C18H16FN3O4S. The van der Waals surface area contributed by atoms with Crippen molar-refractivity contribution in [3.05, 3.63) is 48.3 Å². The van der Waals surface area contributed by atoms with Gasteiger partial charge in [0.05, 0.1) is 25.5 Å². The lowest BCUT2D eigenvalue weighted by molar-refractivity contribution is -0.113. The Bertz CT molecular complexity index is 948. The summed E-state index contributed by atoms with van der Waals surface area (Å²) in [5.74, 6) is 0.469. The molecule has 1 N–H and O–H groups in total. The van der Waals surface area contributed by atoms with E-state index in [2.05, 4.69) is 15.5 Å². The van der Waals surface area contributed by atoms with Crippen molar-refractivity contribution < 1.29 is 23.1 Å². The van der Waals surface area contributed by atoms with Crippen LogP contribution in [0.5, 0.6) is 11.5 Å². The lowest BCUT2D eigenvalue weighted by Crippen LogP contribution is -2.14. The molecular weight excluding hydrogens is 373 g/mol. The number of rotatable bonds is 7. The van der Waals surface area contributed by atoms with Crippen molar-refractivity contribution in [3.8, 4) is 23.0 Å². The first-order valence-electron chi connectivity index (χ1n) is 7.84. The highest BCUT2D eigenvalue weighted by atomic mass is 32.2. The first-order chi connectivity index (χ1) is 13.1. The molecule has 0 unspecified atom stereocenters. The van der Waals surface area contributed by atoms with Crippen LogP contribution in [0.4, 0.5) is 10.1 Å². The molecule has 0 radical (unpaired) electrons. The SMILES string of the molecule is COc1ccc(NC(=O)CSc2nnc(-c3ccccc3F)o2)cc1OC. The van der Waals surface area contributed by atoms with E-state index in [0.29, 0.717) is 17.2 Å². The molecule has 140 valence electrons. The number of hydrogen-bond acceptors (Lipinski definition) is 7. The number of anilines is 1. The molecule has 27 heavy (non-hydrogen) atoms. The third kappa shape index (κ3) is 4.56. The summed E-state index contributed by atoms with van der Waals surface area (Å²) in [5.41, 5.74) is 0.780. The van der Waals surface area contributed by atoms with Gasteiger partial charge >= 0.3 is 0 Å². The summed E-state index contributed by atoms with van der Waals surface area (Å²) < 4.78 is 29.5. The fraction of sp³-hybridized carbons (Fsp3) is 0.167. The molecule has 1 heterocycles. The number of ether oxygens (including phenoxy) is 2. The number of hydrogen-bond donors (Lipinski definition) is 1. The molecule has 0 spiro atoms. The number of carbonyl (C=O) groups is 1. The molecule has 0 bridgehead atoms. The number of nitrogens with one attached hydrogen (secondary N) is 1. The molecule has 2 aromatic carbocycles. The molecule has 0 aliphatic rings. The Morgan fingerprint density at radius 2 is 1.93 bits per heavy atom. The molecule has 3 rings (SSSR count). The van der Waals surface area contributed by atoms with E-state index in [1.165, 1.54) is 20.3 Å². The highest BCUT2D eigenvalue weighted by molar-refractivity contribution is 7.99. The third-order valence-corrected chi connectivity index (χ3v) is 4.32. The summed E-state index contributed by atoms with van der Waals surface area (Å²) in [6.07, 6.45) is 0. The second-order valence-electron chi connectivity index (χ2n) is 5.26. The van der Waals surface area contributed by atoms with Crippen LogP contribution in [0.1, 0.15) is 0 Å². The predicted molar refractivity (Wildman–Crippen MR) is 98.6 cm³/mol. The van der Waals surface area contributed by atoms with E-state index in [9.17, 15) is 9.18 Å². The van der Waals surface area contributed by atoms with E-state index >= 15 is 0 Å². The third-order valence-electron chi connectivity index (χ3n) is 3.50. The average Bonchev–Trinajstić information content (AvgIpc) is 3.15. The molecule has 0 aliphatic carbocycles. The molecule has 0 atom stereocenters. The van der Waals surface area contributed by atoms with E-state index in [1.807, 2.05) is 0 Å². The minimum atomic E-state index is -0.455. The monoisotopic (exact) mass is 389 g/mol. The Balaban J connectivity index is 1.59. The lowest BCUT2D eigenvalue weighted by atomic mass is 10.2. The standard InChI is InChI=1S/C18H16FN3O4S/c1-24-14-8-7-11(9-15(14)25-2)20-16(23)10-27-18-22-21-17(26-18)12-5-3-4-6-13(12)19/h3-9H,10H2,1-2H3,(H,20,23). The van der Waals surface area contributed by atoms with Crippen LogP contribution in [-0.2, 0) is 4.79 Å². The van der Waals surface area contributed by atoms with E-state index in [1.54, 1.807) is 36.4 Å². The highest BCUT2D eigenvalue weighted by Gasteiger charge is 2.14. The average molecular weight is 389 g/mol. The second-order valence-corrected chi connectivity index (χ2v) is 6.19. The van der Waals surface area contributed by atoms with Gasteiger partial charge in [-0.25, -0.2) is 4.39 Å². The summed E-state index contributed by atoms with van der Waals surface area (Å²) in [4.78, 5) is 12.1. The van der Waals surface area contributed by atoms with Crippen LogP contribution in [0, 0.1) is 5.82 Å². The lowest BCUT2D eigenvalue weighted by Gasteiger charge is -2.10. The van der Waals surface area contributed by atoms with Gasteiger partial charge in [0.1, 0.15) is 5.82 Å². The molecule has 0 saturated heterocycles. The van der Waals surface area contributed by atoms with Gasteiger partial charge < -0.3 is 19.2 Å². The predicted octanol–water partition coefficient (Wildman–Crippen LogP) is 3.62. The molecule has 9 heteroatoms. The quantitative estimate of drug-likeness (QED) is 0.618. The van der Waals surface area contributed by atoms with E-state index in [0.717, 1.165) is 11.8 Å². The van der Waals surface area contributed by atoms with Crippen LogP contribution in [0.25, 0.3) is 11.5 Å². The summed E-state index contributed by atoms with van der Waals surface area (Å²) in [6, 6.07) is 11.1. The fourth-order valence-electron chi connectivity index (χ4n) is 2.25. The summed E-state index contributed by atoms with van der Waals surface area (Å²) >= 11 is 1.06. The number of aromatic nitrogens is 2. The van der Waals surface area contributed by atoms with Crippen molar-refractivity contribution in [2.24, 2.45) is 0 Å². The van der Waals surface area contributed by atoms with Gasteiger partial charge in [-0.1, -0.05) is 23.9 Å². The van der Waals surface area contributed by atoms with Crippen molar-refractivity contribution >= 4 is 23.4 Å². The maximum Gasteiger partial charge on any atom is 0.277 e. The zero-order valence-electron chi connectivity index (χ0n) is 14.6. The van der Waals surface area contributed by atoms with Gasteiger partial charge in [-0.15, -0.1) is 10.2 Å². The summed E-state index contributed by atoms with van der Waals surface area (Å²) in [7, 11) is 3.05. The number of amides is 1. The number of thioether (sulfide) groups is 1. The number of nitrogens with zero attached hydrogens (tertiary/aromatic N) is 2. The van der Waals surface area contributed by atoms with E-state index < -0.39 is 5.82 Å². The van der Waals surface area contributed by atoms with E-state index in [4.69, 9.17) is 13.9 Å². The van der Waals surface area contributed by atoms with Gasteiger partial charge in [0.25, 0.3) is 11.1 Å². The van der Waals surface area contributed by atoms with Crippen LogP contribution >= 0.6 is 11.8 Å². The maximum absolute atomic E-state index is 13.7. The first-order valence-corrected chi connectivity index (χ1v) is 8.82. The van der Waals surface area contributed by atoms with Crippen molar-refractivity contribution in [1.82, 2.24) is 10.2 Å². The molecule has 7 nitrogen and oxygen atoms in total. The van der Waals surface area contributed by atoms with Crippen molar-refractivity contribution in [2.75, 3.05) is 25.3 Å². The Morgan fingerprint density at radius 1 is 1.15 bits per heavy atom. The molecule has 0 fully saturated rings. The van der Waals surface area contributed by atoms with Crippen LogP contribution in [0.3, 0.4) is 0 Å². The van der Waals surface area contributed by atoms with Gasteiger partial charge in [-0.05, 0) is 24.3 Å². The van der Waals surface area contributed by atoms with Crippen molar-refractivity contribution in [2.45, 2.75) is 5.22 Å². The summed E-state index contributed by atoms with van der Waals surface area (Å²) in [5, 5.41) is 10.6. The maximum atomic E-state index is 13.7. The zero-order chi connectivity index (χ0) is 19.2. The second kappa shape index (κ2) is 8.54. The minimum Gasteiger partial charge on any atom is -0.493 e. The van der Waals surface area contributed by atoms with Crippen molar-refractivity contribution in [3.63, 3.8) is 0 Å². The zero-order valence-corrected chi connectivity index (χ0v) is 15.4. The number of methoxy groups -OCH3 is 2. The molecule has 0 aliphatic heterocycles. The van der Waals surface area contributed by atoms with Gasteiger partial charge in [0.2, 0.25) is 5.91 Å². The summed E-state index contributed by atoms with van der Waals surface area (Å²) in [6.45, 7) is 0. The first kappa shape index (κ1) is 18.7. The normalized spacial score (nSPS) is 10.5. The smallest absolute Gasteiger partial charge is 0.277 e. The highest BCUT2D eigenvalue weighted by Crippen LogP contribution is 2.30. The largest absolute Gasteiger partial charge is 0.493 e. The van der Waals surface area contributed by atoms with Crippen LogP contribution in [0.15, 0.2) is 52.1 Å². The van der Waals surface area contributed by atoms with Gasteiger partial charge in [0, 0.05) is 11.8 Å². The van der Waals surface area contributed by atoms with E-state index in [-0.39, 0.29) is 28.3 Å². The van der Waals surface area contributed by atoms with Crippen LogP contribution in [-0.4, -0.2) is 36.1 Å². The Kier molecular flexibility index (Phi) is 5.92. The number of carbonyl (C=O) groups excluding carboxylic acids is 1. The Morgan fingerprint density at radius 3 is 2.67 bits per heavy atom. The number of benzene rings is 2. The topological polar surface area (TPSA) is 86.5 Å². The molecule has 0 saturated carbocycles. The minimum absolute atomic E-state index is 0.0489. The van der Waals surface area contributed by atoms with Gasteiger partial charge in [-0.2, -0.15) is 0 Å². The van der Waals surface area contributed by atoms with Crippen molar-refractivity contribution in [1.29, 1.82) is 0 Å². The van der Waals surface area contributed by atoms with Crippen LogP contribution < -0.4 is 14.8 Å². The Hall–Kier alpha value is -3.07. The molecule has 3 aromatic rings. The molecule has 1 aromatic heterocycles.